The average Bonchev–Trinajstić information content (AvgIpc) is 3.56. The molecule has 0 N–H and O–H groups in total. The Labute approximate surface area is 295 Å². The van der Waals surface area contributed by atoms with E-state index in [9.17, 15) is 0 Å². The molecule has 238 valence electrons. The summed E-state index contributed by atoms with van der Waals surface area (Å²) in [6.07, 6.45) is 0. The normalized spacial score (nSPS) is 11.5. The Kier molecular flexibility index (Phi) is 6.78. The second-order valence-corrected chi connectivity index (χ2v) is 12.8. The summed E-state index contributed by atoms with van der Waals surface area (Å²) in [4.78, 5) is 15.3. The second-order valence-electron chi connectivity index (χ2n) is 12.8. The number of rotatable bonds is 5. The number of hydrogen-bond acceptors (Lipinski definition) is 3. The number of fused-ring (bicyclic) bond motifs is 7. The molecule has 10 aromatic rings. The average molecular weight is 651 g/mol. The number of pyridine rings is 1. The summed E-state index contributed by atoms with van der Waals surface area (Å²) in [6, 6.07) is 63.6. The maximum atomic E-state index is 5.20. The second kappa shape index (κ2) is 11.9. The Hall–Kier alpha value is -6.91. The van der Waals surface area contributed by atoms with Crippen molar-refractivity contribution in [3.63, 3.8) is 0 Å². The summed E-state index contributed by atoms with van der Waals surface area (Å²) in [5.74, 6) is 0.697. The fourth-order valence-corrected chi connectivity index (χ4v) is 7.44. The minimum Gasteiger partial charge on any atom is -0.309 e. The Bertz CT molecular complexity index is 2820. The highest BCUT2D eigenvalue weighted by molar-refractivity contribution is 6.29. The highest BCUT2D eigenvalue weighted by atomic mass is 15.0. The van der Waals surface area contributed by atoms with Gasteiger partial charge in [0.2, 0.25) is 0 Å². The van der Waals surface area contributed by atoms with Crippen molar-refractivity contribution in [1.82, 2.24) is 19.5 Å². The van der Waals surface area contributed by atoms with Gasteiger partial charge in [-0.1, -0.05) is 133 Å². The molecule has 0 unspecified atom stereocenters. The highest BCUT2D eigenvalue weighted by Crippen LogP contribution is 2.42. The van der Waals surface area contributed by atoms with Gasteiger partial charge in [-0.2, -0.15) is 0 Å². The van der Waals surface area contributed by atoms with Crippen LogP contribution in [-0.2, 0) is 0 Å². The Morgan fingerprint density at radius 1 is 0.353 bits per heavy atom. The largest absolute Gasteiger partial charge is 0.309 e. The lowest BCUT2D eigenvalue weighted by Gasteiger charge is -2.13. The molecule has 0 aliphatic carbocycles. The van der Waals surface area contributed by atoms with Crippen molar-refractivity contribution < 1.29 is 0 Å². The van der Waals surface area contributed by atoms with Crippen LogP contribution in [0, 0.1) is 0 Å². The van der Waals surface area contributed by atoms with Gasteiger partial charge in [0.15, 0.2) is 5.82 Å². The van der Waals surface area contributed by atoms with E-state index in [0.29, 0.717) is 5.82 Å². The van der Waals surface area contributed by atoms with Crippen molar-refractivity contribution in [3.05, 3.63) is 182 Å². The van der Waals surface area contributed by atoms with Gasteiger partial charge < -0.3 is 4.57 Å². The van der Waals surface area contributed by atoms with Crippen molar-refractivity contribution in [2.24, 2.45) is 0 Å². The van der Waals surface area contributed by atoms with Crippen LogP contribution in [-0.4, -0.2) is 19.5 Å². The molecule has 4 heteroatoms. The van der Waals surface area contributed by atoms with E-state index in [4.69, 9.17) is 15.0 Å². The van der Waals surface area contributed by atoms with E-state index in [-0.39, 0.29) is 0 Å². The monoisotopic (exact) mass is 650 g/mol. The van der Waals surface area contributed by atoms with E-state index in [0.717, 1.165) is 72.3 Å². The van der Waals surface area contributed by atoms with Crippen LogP contribution in [0.4, 0.5) is 0 Å². The zero-order chi connectivity index (χ0) is 33.7. The first-order chi connectivity index (χ1) is 25.3. The van der Waals surface area contributed by atoms with Crippen LogP contribution < -0.4 is 0 Å². The van der Waals surface area contributed by atoms with Crippen molar-refractivity contribution in [2.75, 3.05) is 0 Å². The van der Waals surface area contributed by atoms with Gasteiger partial charge in [-0.25, -0.2) is 15.0 Å². The molecule has 0 aliphatic heterocycles. The van der Waals surface area contributed by atoms with E-state index in [2.05, 4.69) is 150 Å². The number of nitrogens with zero attached hydrogens (tertiary/aromatic N) is 4. The maximum Gasteiger partial charge on any atom is 0.160 e. The van der Waals surface area contributed by atoms with E-state index < -0.39 is 0 Å². The molecular formula is C47H30N4. The summed E-state index contributed by atoms with van der Waals surface area (Å²) in [6.45, 7) is 0. The molecule has 0 amide bonds. The Balaban J connectivity index is 1.17. The number of aromatic nitrogens is 4. The molecule has 0 fully saturated rings. The third-order valence-corrected chi connectivity index (χ3v) is 9.80. The molecule has 7 aromatic carbocycles. The lowest BCUT2D eigenvalue weighted by Crippen LogP contribution is -1.97. The minimum absolute atomic E-state index is 0.697. The van der Waals surface area contributed by atoms with E-state index in [1.807, 2.05) is 36.4 Å². The molecule has 0 saturated heterocycles. The van der Waals surface area contributed by atoms with Gasteiger partial charge in [0.05, 0.1) is 33.6 Å². The van der Waals surface area contributed by atoms with Crippen LogP contribution in [0.2, 0.25) is 0 Å². The first-order valence-electron chi connectivity index (χ1n) is 17.2. The molecule has 0 aliphatic rings. The predicted molar refractivity (Wildman–Crippen MR) is 211 cm³/mol. The van der Waals surface area contributed by atoms with Gasteiger partial charge in [-0.15, -0.1) is 0 Å². The summed E-state index contributed by atoms with van der Waals surface area (Å²) < 4.78 is 2.38. The van der Waals surface area contributed by atoms with Crippen LogP contribution >= 0.6 is 0 Å². The molecule has 0 spiro atoms. The molecule has 3 heterocycles. The van der Waals surface area contributed by atoms with Crippen molar-refractivity contribution >= 4 is 43.5 Å². The van der Waals surface area contributed by atoms with E-state index in [1.165, 1.54) is 16.2 Å². The van der Waals surface area contributed by atoms with Crippen molar-refractivity contribution in [3.8, 4) is 50.8 Å². The predicted octanol–water partition coefficient (Wildman–Crippen LogP) is 11.9. The number of benzene rings is 7. The number of para-hydroxylation sites is 2. The number of hydrogen-bond donors (Lipinski definition) is 0. The van der Waals surface area contributed by atoms with E-state index in [1.54, 1.807) is 0 Å². The zero-order valence-corrected chi connectivity index (χ0v) is 27.6. The zero-order valence-electron chi connectivity index (χ0n) is 27.6. The van der Waals surface area contributed by atoms with Crippen LogP contribution in [0.1, 0.15) is 0 Å². The molecule has 3 aromatic heterocycles. The first-order valence-corrected chi connectivity index (χ1v) is 17.2. The SMILES string of the molecule is c1ccc(-c2cc(-c3ccccc3)nc(-c3ccc(-n4c5ccccc5c5c6c(ccc54)c(-c4ccccc4)nc4ccccc46)cc3)n2)cc1. The third kappa shape index (κ3) is 4.88. The highest BCUT2D eigenvalue weighted by Gasteiger charge is 2.19. The molecule has 0 saturated carbocycles. The molecule has 0 atom stereocenters. The fraction of sp³-hybridized carbons (Fsp3) is 0. The summed E-state index contributed by atoms with van der Waals surface area (Å²) >= 11 is 0. The minimum atomic E-state index is 0.697. The standard InChI is InChI=1S/C47H30N4/c1-4-14-31(15-5-1)40-30-41(32-16-6-2-7-17-32)50-47(49-40)34-24-26-35(27-25-34)51-42-23-13-11-21-37(42)45-43(51)29-28-38-44(45)36-20-10-12-22-39(36)48-46(38)33-18-8-3-9-19-33/h1-30H. The molecule has 0 bridgehead atoms. The summed E-state index contributed by atoms with van der Waals surface area (Å²) in [5, 5.41) is 5.97. The molecule has 10 rings (SSSR count). The van der Waals surface area contributed by atoms with Crippen molar-refractivity contribution in [2.45, 2.75) is 0 Å². The quantitative estimate of drug-likeness (QED) is 0.174. The fourth-order valence-electron chi connectivity index (χ4n) is 7.44. The maximum absolute atomic E-state index is 5.20. The lowest BCUT2D eigenvalue weighted by atomic mass is 9.96. The van der Waals surface area contributed by atoms with Gasteiger partial charge in [-0.05, 0) is 48.5 Å². The Morgan fingerprint density at radius 2 is 0.922 bits per heavy atom. The van der Waals surface area contributed by atoms with E-state index >= 15 is 0 Å². The third-order valence-electron chi connectivity index (χ3n) is 9.80. The van der Waals surface area contributed by atoms with Crippen LogP contribution in [0.3, 0.4) is 0 Å². The molecular weight excluding hydrogens is 621 g/mol. The van der Waals surface area contributed by atoms with Gasteiger partial charge in [0.25, 0.3) is 0 Å². The molecule has 4 nitrogen and oxygen atoms in total. The lowest BCUT2D eigenvalue weighted by molar-refractivity contribution is 1.16. The topological polar surface area (TPSA) is 43.6 Å². The van der Waals surface area contributed by atoms with Crippen molar-refractivity contribution in [1.29, 1.82) is 0 Å². The Morgan fingerprint density at radius 3 is 1.59 bits per heavy atom. The smallest absolute Gasteiger partial charge is 0.160 e. The summed E-state index contributed by atoms with van der Waals surface area (Å²) in [7, 11) is 0. The van der Waals surface area contributed by atoms with Gasteiger partial charge >= 0.3 is 0 Å². The summed E-state index contributed by atoms with van der Waals surface area (Å²) in [5.41, 5.74) is 11.4. The van der Waals surface area contributed by atoms with Gasteiger partial charge in [-0.3, -0.25) is 0 Å². The van der Waals surface area contributed by atoms with Gasteiger partial charge in [0, 0.05) is 54.9 Å². The molecule has 51 heavy (non-hydrogen) atoms. The van der Waals surface area contributed by atoms with Crippen LogP contribution in [0.5, 0.6) is 0 Å². The first kappa shape index (κ1) is 29.0. The van der Waals surface area contributed by atoms with Crippen LogP contribution in [0.25, 0.3) is 94.3 Å². The van der Waals surface area contributed by atoms with Crippen LogP contribution in [0.15, 0.2) is 182 Å². The molecule has 0 radical (unpaired) electrons. The van der Waals surface area contributed by atoms with Gasteiger partial charge in [0.1, 0.15) is 0 Å².